The first-order valence-corrected chi connectivity index (χ1v) is 11.6. The highest BCUT2D eigenvalue weighted by Gasteiger charge is 2.19. The van der Waals surface area contributed by atoms with Gasteiger partial charge in [0.25, 0.3) is 0 Å². The normalized spacial score (nSPS) is 10.5. The molecular formula is C25H26N2O5S. The minimum atomic E-state index is -1.07. The number of rotatable bonds is 11. The molecule has 1 heterocycles. The maximum atomic E-state index is 11.9. The maximum Gasteiger partial charge on any atom is 0.339 e. The van der Waals surface area contributed by atoms with E-state index < -0.39 is 5.97 Å². The molecule has 3 aromatic rings. The Balaban J connectivity index is 2.00. The van der Waals surface area contributed by atoms with Crippen molar-refractivity contribution < 1.29 is 24.1 Å². The van der Waals surface area contributed by atoms with Gasteiger partial charge in [0, 0.05) is 22.9 Å². The van der Waals surface area contributed by atoms with Gasteiger partial charge < -0.3 is 19.3 Å². The molecule has 0 aliphatic carbocycles. The molecule has 0 atom stereocenters. The fourth-order valence-electron chi connectivity index (χ4n) is 3.50. The smallest absolute Gasteiger partial charge is 0.339 e. The number of methoxy groups -OCH3 is 1. The van der Waals surface area contributed by atoms with Gasteiger partial charge in [-0.3, -0.25) is 0 Å². The first kappa shape index (κ1) is 24.1. The number of hydrogen-bond acceptors (Lipinski definition) is 7. The van der Waals surface area contributed by atoms with Gasteiger partial charge in [0.1, 0.15) is 16.3 Å². The summed E-state index contributed by atoms with van der Waals surface area (Å²) in [6.45, 7) is 4.90. The highest BCUT2D eigenvalue weighted by atomic mass is 32.1. The molecule has 2 aromatic carbocycles. The zero-order valence-corrected chi connectivity index (χ0v) is 19.7. The summed E-state index contributed by atoms with van der Waals surface area (Å²) in [5.41, 5.74) is 3.08. The van der Waals surface area contributed by atoms with Gasteiger partial charge in [0.05, 0.1) is 32.1 Å². The summed E-state index contributed by atoms with van der Waals surface area (Å²) in [6.07, 6.45) is 1.54. The Bertz CT molecular complexity index is 1170. The predicted molar refractivity (Wildman–Crippen MR) is 127 cm³/mol. The third kappa shape index (κ3) is 5.62. The second kappa shape index (κ2) is 11.3. The van der Waals surface area contributed by atoms with Crippen molar-refractivity contribution in [2.45, 2.75) is 33.1 Å². The van der Waals surface area contributed by atoms with E-state index in [1.165, 1.54) is 18.4 Å². The maximum absolute atomic E-state index is 11.9. The molecule has 33 heavy (non-hydrogen) atoms. The Morgan fingerprint density at radius 2 is 1.88 bits per heavy atom. The first-order chi connectivity index (χ1) is 16.0. The highest BCUT2D eigenvalue weighted by molar-refractivity contribution is 7.13. The number of aromatic nitrogens is 1. The molecule has 0 saturated heterocycles. The summed E-state index contributed by atoms with van der Waals surface area (Å²) >= 11 is 1.47. The van der Waals surface area contributed by atoms with Crippen LogP contribution in [0.5, 0.6) is 17.2 Å². The third-order valence-corrected chi connectivity index (χ3v) is 5.82. The molecule has 0 aliphatic rings. The average molecular weight is 467 g/mol. The fourth-order valence-corrected chi connectivity index (χ4v) is 4.33. The Hall–Kier alpha value is -3.57. The molecule has 7 nitrogen and oxygen atoms in total. The first-order valence-electron chi connectivity index (χ1n) is 10.7. The van der Waals surface area contributed by atoms with Gasteiger partial charge in [0.2, 0.25) is 0 Å². The van der Waals surface area contributed by atoms with Crippen LogP contribution in [0.3, 0.4) is 0 Å². The van der Waals surface area contributed by atoms with Gasteiger partial charge in [-0.1, -0.05) is 0 Å². The van der Waals surface area contributed by atoms with Crippen LogP contribution in [-0.4, -0.2) is 36.4 Å². The van der Waals surface area contributed by atoms with E-state index in [0.29, 0.717) is 61.0 Å². The molecular weight excluding hydrogens is 440 g/mol. The molecule has 0 bridgehead atoms. The van der Waals surface area contributed by atoms with Crippen LogP contribution >= 0.6 is 11.3 Å². The lowest BCUT2D eigenvalue weighted by atomic mass is 9.98. The highest BCUT2D eigenvalue weighted by Crippen LogP contribution is 2.37. The largest absolute Gasteiger partial charge is 0.496 e. The van der Waals surface area contributed by atoms with Gasteiger partial charge >= 0.3 is 5.97 Å². The number of benzene rings is 2. The zero-order chi connectivity index (χ0) is 23.8. The standard InChI is InChI=1S/C25H26N2O5S/c1-4-31-21-10-9-17(14-22(21)32-5-2)24-27-20(15-33-24)18-12-16(8-6-7-11-26)23(30-3)19(13-18)25(28)29/h9-10,12-15H,4-8H2,1-3H3,(H,28,29). The number of unbranched alkanes of at least 4 members (excludes halogenated alkanes) is 1. The minimum Gasteiger partial charge on any atom is -0.496 e. The summed E-state index contributed by atoms with van der Waals surface area (Å²) in [4.78, 5) is 16.6. The van der Waals surface area contributed by atoms with Gasteiger partial charge in [-0.05, 0) is 62.6 Å². The summed E-state index contributed by atoms with van der Waals surface area (Å²) in [5.74, 6) is 0.597. The number of thiazole rings is 1. The van der Waals surface area contributed by atoms with Crippen LogP contribution < -0.4 is 14.2 Å². The molecule has 0 saturated carbocycles. The number of nitrogens with zero attached hydrogens (tertiary/aromatic N) is 2. The number of nitriles is 1. The van der Waals surface area contributed by atoms with E-state index in [1.54, 1.807) is 6.07 Å². The number of carboxylic acid groups (broad SMARTS) is 1. The number of carboxylic acids is 1. The molecule has 1 N–H and O–H groups in total. The lowest BCUT2D eigenvalue weighted by molar-refractivity contribution is 0.0693. The van der Waals surface area contributed by atoms with Crippen LogP contribution in [0.1, 0.15) is 42.6 Å². The lowest BCUT2D eigenvalue weighted by Gasteiger charge is -2.13. The molecule has 3 rings (SSSR count). The molecule has 0 amide bonds. The van der Waals surface area contributed by atoms with Crippen LogP contribution in [-0.2, 0) is 6.42 Å². The number of ether oxygens (including phenoxy) is 3. The van der Waals surface area contributed by atoms with E-state index in [-0.39, 0.29) is 5.56 Å². The fraction of sp³-hybridized carbons (Fsp3) is 0.320. The molecule has 0 spiro atoms. The minimum absolute atomic E-state index is 0.0798. The monoisotopic (exact) mass is 466 g/mol. The zero-order valence-electron chi connectivity index (χ0n) is 18.9. The number of aromatic carboxylic acids is 1. The Labute approximate surface area is 197 Å². The molecule has 0 radical (unpaired) electrons. The second-order valence-electron chi connectivity index (χ2n) is 7.10. The Morgan fingerprint density at radius 3 is 2.55 bits per heavy atom. The van der Waals surface area contributed by atoms with Crippen LogP contribution in [0.2, 0.25) is 0 Å². The molecule has 0 unspecified atom stereocenters. The lowest BCUT2D eigenvalue weighted by Crippen LogP contribution is -2.05. The van der Waals surface area contributed by atoms with Crippen molar-refractivity contribution in [2.75, 3.05) is 20.3 Å². The van der Waals surface area contributed by atoms with Crippen LogP contribution in [0.4, 0.5) is 0 Å². The van der Waals surface area contributed by atoms with E-state index in [4.69, 9.17) is 24.5 Å². The molecule has 172 valence electrons. The number of carbonyl (C=O) groups is 1. The van der Waals surface area contributed by atoms with Crippen molar-refractivity contribution >= 4 is 17.3 Å². The molecule has 0 fully saturated rings. The molecule has 8 heteroatoms. The number of hydrogen-bond donors (Lipinski definition) is 1. The number of aryl methyl sites for hydroxylation is 1. The summed E-state index contributed by atoms with van der Waals surface area (Å²) in [6, 6.07) is 11.3. The van der Waals surface area contributed by atoms with Crippen molar-refractivity contribution in [1.82, 2.24) is 4.98 Å². The van der Waals surface area contributed by atoms with Crippen molar-refractivity contribution in [3.8, 4) is 45.1 Å². The van der Waals surface area contributed by atoms with E-state index in [0.717, 1.165) is 16.1 Å². The quantitative estimate of drug-likeness (QED) is 0.355. The van der Waals surface area contributed by atoms with Crippen LogP contribution in [0.25, 0.3) is 21.8 Å². The second-order valence-corrected chi connectivity index (χ2v) is 7.96. The average Bonchev–Trinajstić information content (AvgIpc) is 3.30. The van der Waals surface area contributed by atoms with E-state index >= 15 is 0 Å². The van der Waals surface area contributed by atoms with Crippen molar-refractivity contribution in [3.63, 3.8) is 0 Å². The SMILES string of the molecule is CCOc1ccc(-c2nc(-c3cc(CCCC#N)c(OC)c(C(=O)O)c3)cs2)cc1OCC. The van der Waals surface area contributed by atoms with Crippen molar-refractivity contribution in [1.29, 1.82) is 5.26 Å². The van der Waals surface area contributed by atoms with Gasteiger partial charge in [-0.2, -0.15) is 5.26 Å². The topological polar surface area (TPSA) is 102 Å². The third-order valence-electron chi connectivity index (χ3n) is 4.93. The van der Waals surface area contributed by atoms with Crippen molar-refractivity contribution in [3.05, 3.63) is 46.8 Å². The van der Waals surface area contributed by atoms with E-state index in [1.807, 2.05) is 43.5 Å². The van der Waals surface area contributed by atoms with Gasteiger partial charge in [-0.25, -0.2) is 9.78 Å². The van der Waals surface area contributed by atoms with E-state index in [9.17, 15) is 9.90 Å². The summed E-state index contributed by atoms with van der Waals surface area (Å²) in [7, 11) is 1.46. The Morgan fingerprint density at radius 1 is 1.12 bits per heavy atom. The molecule has 0 aliphatic heterocycles. The van der Waals surface area contributed by atoms with Crippen molar-refractivity contribution in [2.24, 2.45) is 0 Å². The van der Waals surface area contributed by atoms with Crippen LogP contribution in [0.15, 0.2) is 35.7 Å². The van der Waals surface area contributed by atoms with E-state index in [2.05, 4.69) is 6.07 Å². The summed E-state index contributed by atoms with van der Waals surface area (Å²) in [5, 5.41) is 21.3. The summed E-state index contributed by atoms with van der Waals surface area (Å²) < 4.78 is 16.8. The van der Waals surface area contributed by atoms with Gasteiger partial charge in [-0.15, -0.1) is 11.3 Å². The predicted octanol–water partition coefficient (Wildman–Crippen LogP) is 5.83. The Kier molecular flexibility index (Phi) is 8.28. The molecule has 1 aromatic heterocycles. The van der Waals surface area contributed by atoms with Gasteiger partial charge in [0.15, 0.2) is 11.5 Å². The van der Waals surface area contributed by atoms with Crippen LogP contribution in [0, 0.1) is 11.3 Å².